The monoisotopic (exact) mass is 414 g/mol. The summed E-state index contributed by atoms with van der Waals surface area (Å²) in [5.41, 5.74) is 1.16. The lowest BCUT2D eigenvalue weighted by molar-refractivity contribution is -0.113. The third kappa shape index (κ3) is 5.49. The average Bonchev–Trinajstić information content (AvgIpc) is 3.29. The minimum atomic E-state index is -0.137. The van der Waals surface area contributed by atoms with Crippen molar-refractivity contribution in [3.8, 4) is 0 Å². The van der Waals surface area contributed by atoms with Crippen LogP contribution in [-0.4, -0.2) is 36.6 Å². The van der Waals surface area contributed by atoms with Gasteiger partial charge in [-0.15, -0.1) is 27.0 Å². The molecule has 0 radical (unpaired) electrons. The molecule has 0 aliphatic heterocycles. The summed E-state index contributed by atoms with van der Waals surface area (Å²) in [6.45, 7) is 6.49. The Labute approximate surface area is 172 Å². The summed E-state index contributed by atoms with van der Waals surface area (Å²) in [5, 5.41) is 21.6. The number of hydrogen-bond donors (Lipinski definition) is 1. The standard InChI is InChI=1S/C19H22N6OS2/c1-3-8-17-22-23-18(28-17)20-16(26)13-27-19-24-21-15(25(19)11-4-2)12-14-9-6-5-7-10-14/h4-7,9-10H,2-3,8,11-13H2,1H3,(H,20,23,26). The zero-order valence-corrected chi connectivity index (χ0v) is 17.3. The fraction of sp³-hybridized carbons (Fsp3) is 0.316. The van der Waals surface area contributed by atoms with Gasteiger partial charge in [0.2, 0.25) is 11.0 Å². The smallest absolute Gasteiger partial charge is 0.236 e. The second-order valence-corrected chi connectivity index (χ2v) is 8.05. The maximum atomic E-state index is 12.2. The van der Waals surface area contributed by atoms with E-state index >= 15 is 0 Å². The fourth-order valence-corrected chi connectivity index (χ4v) is 4.18. The molecule has 0 saturated heterocycles. The molecule has 0 fully saturated rings. The number of hydrogen-bond acceptors (Lipinski definition) is 7. The number of anilines is 1. The number of thioether (sulfide) groups is 1. The molecule has 0 aliphatic rings. The van der Waals surface area contributed by atoms with Crippen LogP contribution in [0.25, 0.3) is 0 Å². The fourth-order valence-electron chi connectivity index (χ4n) is 2.55. The van der Waals surface area contributed by atoms with E-state index in [1.807, 2.05) is 22.8 Å². The molecule has 2 heterocycles. The van der Waals surface area contributed by atoms with Gasteiger partial charge in [-0.25, -0.2) is 0 Å². The second kappa shape index (κ2) is 10.1. The Morgan fingerprint density at radius 1 is 1.25 bits per heavy atom. The Kier molecular flexibility index (Phi) is 7.32. The Bertz CT molecular complexity index is 922. The van der Waals surface area contributed by atoms with Crippen LogP contribution in [0.15, 0.2) is 48.1 Å². The Balaban J connectivity index is 1.61. The summed E-state index contributed by atoms with van der Waals surface area (Å²) < 4.78 is 1.99. The van der Waals surface area contributed by atoms with Crippen molar-refractivity contribution >= 4 is 34.1 Å². The number of carbonyl (C=O) groups is 1. The number of aromatic nitrogens is 5. The molecule has 0 aliphatic carbocycles. The van der Waals surface area contributed by atoms with E-state index in [4.69, 9.17) is 0 Å². The summed E-state index contributed by atoms with van der Waals surface area (Å²) in [6, 6.07) is 10.1. The van der Waals surface area contributed by atoms with Crippen LogP contribution in [0.2, 0.25) is 0 Å². The third-order valence-corrected chi connectivity index (χ3v) is 5.68. The Morgan fingerprint density at radius 3 is 2.82 bits per heavy atom. The van der Waals surface area contributed by atoms with Crippen molar-refractivity contribution < 1.29 is 4.79 Å². The topological polar surface area (TPSA) is 85.6 Å². The molecule has 1 amide bonds. The van der Waals surface area contributed by atoms with Crippen LogP contribution in [0.5, 0.6) is 0 Å². The highest BCUT2D eigenvalue weighted by Crippen LogP contribution is 2.21. The number of allylic oxidation sites excluding steroid dienone is 1. The van der Waals surface area contributed by atoms with Gasteiger partial charge in [0.15, 0.2) is 5.16 Å². The van der Waals surface area contributed by atoms with E-state index in [2.05, 4.69) is 51.3 Å². The van der Waals surface area contributed by atoms with Crippen LogP contribution < -0.4 is 5.32 Å². The molecule has 7 nitrogen and oxygen atoms in total. The summed E-state index contributed by atoms with van der Waals surface area (Å²) in [7, 11) is 0. The van der Waals surface area contributed by atoms with Crippen LogP contribution >= 0.6 is 23.1 Å². The predicted molar refractivity (Wildman–Crippen MR) is 113 cm³/mol. The molecular formula is C19H22N6OS2. The molecule has 0 spiro atoms. The number of aryl methyl sites for hydroxylation is 1. The molecule has 0 unspecified atom stereocenters. The van der Waals surface area contributed by atoms with Crippen LogP contribution in [0.3, 0.4) is 0 Å². The van der Waals surface area contributed by atoms with Gasteiger partial charge in [-0.1, -0.05) is 66.4 Å². The summed E-state index contributed by atoms with van der Waals surface area (Å²) in [5.74, 6) is 0.938. The number of carbonyl (C=O) groups excluding carboxylic acids is 1. The largest absolute Gasteiger partial charge is 0.302 e. The first kappa shape index (κ1) is 20.2. The number of nitrogens with zero attached hydrogens (tertiary/aromatic N) is 5. The summed E-state index contributed by atoms with van der Waals surface area (Å²) >= 11 is 2.76. The molecule has 9 heteroatoms. The van der Waals surface area contributed by atoms with Crippen molar-refractivity contribution in [2.24, 2.45) is 0 Å². The lowest BCUT2D eigenvalue weighted by Gasteiger charge is -2.07. The second-order valence-electron chi connectivity index (χ2n) is 6.05. The molecule has 0 atom stereocenters. The van der Waals surface area contributed by atoms with E-state index in [1.54, 1.807) is 6.08 Å². The summed E-state index contributed by atoms with van der Waals surface area (Å²) in [6.07, 6.45) is 4.36. The van der Waals surface area contributed by atoms with Crippen LogP contribution in [0, 0.1) is 0 Å². The van der Waals surface area contributed by atoms with Crippen LogP contribution in [-0.2, 0) is 24.2 Å². The highest BCUT2D eigenvalue weighted by Gasteiger charge is 2.15. The minimum Gasteiger partial charge on any atom is -0.302 e. The normalized spacial score (nSPS) is 10.8. The van der Waals surface area contributed by atoms with Crippen molar-refractivity contribution in [1.82, 2.24) is 25.0 Å². The maximum Gasteiger partial charge on any atom is 0.236 e. The van der Waals surface area contributed by atoms with Crippen molar-refractivity contribution in [3.05, 3.63) is 59.4 Å². The molecule has 28 heavy (non-hydrogen) atoms. The Morgan fingerprint density at radius 2 is 2.07 bits per heavy atom. The SMILES string of the molecule is C=CCn1c(Cc2ccccc2)nnc1SCC(=O)Nc1nnc(CCC)s1. The highest BCUT2D eigenvalue weighted by molar-refractivity contribution is 7.99. The van der Waals surface area contributed by atoms with Gasteiger partial charge in [-0.2, -0.15) is 0 Å². The van der Waals surface area contributed by atoms with Gasteiger partial charge in [-0.3, -0.25) is 10.1 Å². The lowest BCUT2D eigenvalue weighted by Crippen LogP contribution is -2.14. The van der Waals surface area contributed by atoms with E-state index in [1.165, 1.54) is 23.1 Å². The number of rotatable bonds is 10. The van der Waals surface area contributed by atoms with Gasteiger partial charge in [-0.05, 0) is 12.0 Å². The molecular weight excluding hydrogens is 392 g/mol. The molecule has 0 bridgehead atoms. The van der Waals surface area contributed by atoms with E-state index in [0.29, 0.717) is 23.3 Å². The van der Waals surface area contributed by atoms with E-state index < -0.39 is 0 Å². The van der Waals surface area contributed by atoms with E-state index in [-0.39, 0.29) is 11.7 Å². The first-order valence-electron chi connectivity index (χ1n) is 9.01. The third-order valence-electron chi connectivity index (χ3n) is 3.82. The highest BCUT2D eigenvalue weighted by atomic mass is 32.2. The van der Waals surface area contributed by atoms with Gasteiger partial charge in [0, 0.05) is 19.4 Å². The van der Waals surface area contributed by atoms with Gasteiger partial charge >= 0.3 is 0 Å². The van der Waals surface area contributed by atoms with Gasteiger partial charge in [0.05, 0.1) is 5.75 Å². The number of nitrogens with one attached hydrogen (secondary N) is 1. The van der Waals surface area contributed by atoms with Crippen molar-refractivity contribution in [3.63, 3.8) is 0 Å². The molecule has 0 saturated carbocycles. The molecule has 2 aromatic heterocycles. The van der Waals surface area contributed by atoms with E-state index in [9.17, 15) is 4.79 Å². The maximum absolute atomic E-state index is 12.2. The van der Waals surface area contributed by atoms with Gasteiger partial charge in [0.1, 0.15) is 10.8 Å². The quantitative estimate of drug-likeness (QED) is 0.403. The molecule has 3 aromatic rings. The van der Waals surface area contributed by atoms with Crippen LogP contribution in [0.4, 0.5) is 5.13 Å². The average molecular weight is 415 g/mol. The molecule has 1 N–H and O–H groups in total. The first-order valence-corrected chi connectivity index (χ1v) is 10.8. The molecule has 3 rings (SSSR count). The Hall–Kier alpha value is -2.52. The van der Waals surface area contributed by atoms with Gasteiger partial charge < -0.3 is 4.57 Å². The number of amides is 1. The molecule has 146 valence electrons. The minimum absolute atomic E-state index is 0.137. The van der Waals surface area contributed by atoms with Crippen molar-refractivity contribution in [2.75, 3.05) is 11.1 Å². The van der Waals surface area contributed by atoms with Gasteiger partial charge in [0.25, 0.3) is 0 Å². The predicted octanol–water partition coefficient (Wildman–Crippen LogP) is 3.59. The zero-order chi connectivity index (χ0) is 19.8. The zero-order valence-electron chi connectivity index (χ0n) is 15.7. The summed E-state index contributed by atoms with van der Waals surface area (Å²) in [4.78, 5) is 12.2. The lowest BCUT2D eigenvalue weighted by atomic mass is 10.1. The van der Waals surface area contributed by atoms with Crippen LogP contribution in [0.1, 0.15) is 29.7 Å². The van der Waals surface area contributed by atoms with E-state index in [0.717, 1.165) is 29.2 Å². The van der Waals surface area contributed by atoms with Crippen molar-refractivity contribution in [1.29, 1.82) is 0 Å². The first-order chi connectivity index (χ1) is 13.7. The van der Waals surface area contributed by atoms with Crippen molar-refractivity contribution in [2.45, 2.75) is 37.9 Å². The molecule has 1 aromatic carbocycles. The number of benzene rings is 1.